The predicted octanol–water partition coefficient (Wildman–Crippen LogP) is 1.73. The minimum absolute atomic E-state index is 0.222. The van der Waals surface area contributed by atoms with Crippen LogP contribution in [0.25, 0.3) is 0 Å². The molecule has 88 valence electrons. The summed E-state index contributed by atoms with van der Waals surface area (Å²) in [4.78, 5) is 15.8. The summed E-state index contributed by atoms with van der Waals surface area (Å²) in [6.45, 7) is 11.2. The fraction of sp³-hybridized carbons (Fsp3) is 0.917. The Hall–Kier alpha value is -0.570. The molecule has 1 heterocycles. The van der Waals surface area contributed by atoms with E-state index in [-0.39, 0.29) is 5.91 Å². The fourth-order valence-corrected chi connectivity index (χ4v) is 2.43. The van der Waals surface area contributed by atoms with E-state index in [2.05, 4.69) is 25.7 Å². The van der Waals surface area contributed by atoms with Gasteiger partial charge in [0.25, 0.3) is 0 Å². The molecular formula is C12H24N2O. The molecule has 0 bridgehead atoms. The molecule has 1 fully saturated rings. The van der Waals surface area contributed by atoms with Crippen molar-refractivity contribution >= 4 is 5.91 Å². The summed E-state index contributed by atoms with van der Waals surface area (Å²) in [5.74, 6) is 0.222. The van der Waals surface area contributed by atoms with Gasteiger partial charge >= 0.3 is 0 Å². The zero-order chi connectivity index (χ0) is 11.4. The zero-order valence-corrected chi connectivity index (χ0v) is 10.5. The second kappa shape index (κ2) is 5.50. The summed E-state index contributed by atoms with van der Waals surface area (Å²) in [6.07, 6.45) is 2.39. The van der Waals surface area contributed by atoms with E-state index in [9.17, 15) is 4.79 Å². The first-order chi connectivity index (χ1) is 7.06. The van der Waals surface area contributed by atoms with Crippen LogP contribution in [-0.4, -0.2) is 47.4 Å². The molecule has 0 N–H and O–H groups in total. The van der Waals surface area contributed by atoms with Crippen LogP contribution in [0.4, 0.5) is 0 Å². The summed E-state index contributed by atoms with van der Waals surface area (Å²) in [5, 5.41) is 0. The minimum Gasteiger partial charge on any atom is -0.340 e. The summed E-state index contributed by atoms with van der Waals surface area (Å²) in [7, 11) is 0. The summed E-state index contributed by atoms with van der Waals surface area (Å²) >= 11 is 0. The smallest absolute Gasteiger partial charge is 0.219 e. The van der Waals surface area contributed by atoms with E-state index in [1.165, 1.54) is 12.8 Å². The largest absolute Gasteiger partial charge is 0.340 e. The molecule has 1 saturated heterocycles. The van der Waals surface area contributed by atoms with Crippen LogP contribution in [0.1, 0.15) is 40.5 Å². The summed E-state index contributed by atoms with van der Waals surface area (Å²) < 4.78 is 0. The molecule has 1 atom stereocenters. The van der Waals surface area contributed by atoms with Gasteiger partial charge in [-0.15, -0.1) is 0 Å². The number of nitrogens with zero attached hydrogens (tertiary/aromatic N) is 2. The van der Waals surface area contributed by atoms with Gasteiger partial charge < -0.3 is 4.90 Å². The van der Waals surface area contributed by atoms with Crippen LogP contribution in [0, 0.1) is 0 Å². The van der Waals surface area contributed by atoms with E-state index in [1.54, 1.807) is 6.92 Å². The van der Waals surface area contributed by atoms with E-state index in [0.29, 0.717) is 12.1 Å². The Morgan fingerprint density at radius 1 is 1.40 bits per heavy atom. The van der Waals surface area contributed by atoms with Gasteiger partial charge in [-0.2, -0.15) is 0 Å². The number of carbonyl (C=O) groups excluding carboxylic acids is 1. The van der Waals surface area contributed by atoms with Crippen LogP contribution in [0.3, 0.4) is 0 Å². The number of rotatable bonds is 3. The monoisotopic (exact) mass is 212 g/mol. The van der Waals surface area contributed by atoms with Crippen LogP contribution in [0.15, 0.2) is 0 Å². The van der Waals surface area contributed by atoms with Crippen molar-refractivity contribution in [3.63, 3.8) is 0 Å². The maximum absolute atomic E-state index is 11.3. The topological polar surface area (TPSA) is 23.6 Å². The molecule has 3 heteroatoms. The highest BCUT2D eigenvalue weighted by Gasteiger charge is 2.28. The Bertz CT molecular complexity index is 216. The fourth-order valence-electron chi connectivity index (χ4n) is 2.43. The third-order valence-corrected chi connectivity index (χ3v) is 3.26. The van der Waals surface area contributed by atoms with Gasteiger partial charge in [0, 0.05) is 38.6 Å². The van der Waals surface area contributed by atoms with Gasteiger partial charge in [-0.25, -0.2) is 0 Å². The van der Waals surface area contributed by atoms with Crippen molar-refractivity contribution in [3.8, 4) is 0 Å². The molecule has 0 saturated carbocycles. The second-order valence-corrected chi connectivity index (χ2v) is 4.74. The Morgan fingerprint density at radius 2 is 2.07 bits per heavy atom. The lowest BCUT2D eigenvalue weighted by atomic mass is 10.0. The van der Waals surface area contributed by atoms with Gasteiger partial charge in [0.05, 0.1) is 0 Å². The van der Waals surface area contributed by atoms with E-state index < -0.39 is 0 Å². The van der Waals surface area contributed by atoms with Gasteiger partial charge in [-0.1, -0.05) is 13.3 Å². The molecule has 0 aromatic heterocycles. The summed E-state index contributed by atoms with van der Waals surface area (Å²) in [5.41, 5.74) is 0. The molecule has 1 rings (SSSR count). The molecule has 1 aliphatic rings. The van der Waals surface area contributed by atoms with Gasteiger partial charge in [0.2, 0.25) is 5.91 Å². The molecule has 0 aromatic carbocycles. The Kier molecular flexibility index (Phi) is 4.58. The Balaban J connectivity index is 2.60. The van der Waals surface area contributed by atoms with Gasteiger partial charge in [-0.3, -0.25) is 9.69 Å². The number of amides is 1. The Morgan fingerprint density at radius 3 is 2.53 bits per heavy atom. The first-order valence-corrected chi connectivity index (χ1v) is 6.07. The van der Waals surface area contributed by atoms with Crippen LogP contribution in [0.2, 0.25) is 0 Å². The molecule has 0 spiro atoms. The van der Waals surface area contributed by atoms with Crippen LogP contribution in [0.5, 0.6) is 0 Å². The van der Waals surface area contributed by atoms with Gasteiger partial charge in [0.1, 0.15) is 0 Å². The predicted molar refractivity (Wildman–Crippen MR) is 62.8 cm³/mol. The minimum atomic E-state index is 0.222. The number of piperazine rings is 1. The maximum atomic E-state index is 11.3. The molecule has 0 radical (unpaired) electrons. The van der Waals surface area contributed by atoms with Crippen molar-refractivity contribution in [3.05, 3.63) is 0 Å². The van der Waals surface area contributed by atoms with Crippen molar-refractivity contribution in [2.75, 3.05) is 19.6 Å². The molecule has 1 amide bonds. The second-order valence-electron chi connectivity index (χ2n) is 4.74. The van der Waals surface area contributed by atoms with Crippen LogP contribution >= 0.6 is 0 Å². The van der Waals surface area contributed by atoms with E-state index in [1.807, 2.05) is 4.90 Å². The first kappa shape index (κ1) is 12.5. The lowest BCUT2D eigenvalue weighted by molar-refractivity contribution is -0.132. The first-order valence-electron chi connectivity index (χ1n) is 6.07. The lowest BCUT2D eigenvalue weighted by Crippen LogP contribution is -2.56. The number of carbonyl (C=O) groups is 1. The molecular weight excluding hydrogens is 188 g/mol. The van der Waals surface area contributed by atoms with Crippen molar-refractivity contribution in [2.45, 2.75) is 52.6 Å². The molecule has 1 aliphatic heterocycles. The third kappa shape index (κ3) is 3.20. The van der Waals surface area contributed by atoms with E-state index in [0.717, 1.165) is 19.6 Å². The van der Waals surface area contributed by atoms with E-state index in [4.69, 9.17) is 0 Å². The van der Waals surface area contributed by atoms with Crippen molar-refractivity contribution < 1.29 is 4.79 Å². The van der Waals surface area contributed by atoms with Crippen molar-refractivity contribution in [1.82, 2.24) is 9.80 Å². The molecule has 3 nitrogen and oxygen atoms in total. The maximum Gasteiger partial charge on any atom is 0.219 e. The zero-order valence-electron chi connectivity index (χ0n) is 10.5. The SMILES string of the molecule is CCCC1CN(C(C)=O)CCN1C(C)C. The average molecular weight is 212 g/mol. The molecule has 0 aromatic rings. The molecule has 0 aliphatic carbocycles. The van der Waals surface area contributed by atoms with E-state index >= 15 is 0 Å². The van der Waals surface area contributed by atoms with Crippen LogP contribution in [-0.2, 0) is 4.79 Å². The van der Waals surface area contributed by atoms with Gasteiger partial charge in [0.15, 0.2) is 0 Å². The van der Waals surface area contributed by atoms with Crippen molar-refractivity contribution in [1.29, 1.82) is 0 Å². The third-order valence-electron chi connectivity index (χ3n) is 3.26. The number of hydrogen-bond donors (Lipinski definition) is 0. The highest BCUT2D eigenvalue weighted by molar-refractivity contribution is 5.73. The van der Waals surface area contributed by atoms with Crippen LogP contribution < -0.4 is 0 Å². The quantitative estimate of drug-likeness (QED) is 0.711. The molecule has 1 unspecified atom stereocenters. The molecule has 15 heavy (non-hydrogen) atoms. The lowest BCUT2D eigenvalue weighted by Gasteiger charge is -2.43. The highest BCUT2D eigenvalue weighted by atomic mass is 16.2. The number of hydrogen-bond acceptors (Lipinski definition) is 2. The summed E-state index contributed by atoms with van der Waals surface area (Å²) in [6, 6.07) is 1.16. The normalized spacial score (nSPS) is 23.5. The van der Waals surface area contributed by atoms with Gasteiger partial charge in [-0.05, 0) is 20.3 Å². The Labute approximate surface area is 93.4 Å². The van der Waals surface area contributed by atoms with Crippen molar-refractivity contribution in [2.24, 2.45) is 0 Å². The average Bonchev–Trinajstić information content (AvgIpc) is 2.17. The standard InChI is InChI=1S/C12H24N2O/c1-5-6-12-9-13(11(4)15)7-8-14(12)10(2)3/h10,12H,5-9H2,1-4H3. The highest BCUT2D eigenvalue weighted by Crippen LogP contribution is 2.17.